The predicted octanol–water partition coefficient (Wildman–Crippen LogP) is 2.61. The topological polar surface area (TPSA) is 85.3 Å². The minimum absolute atomic E-state index is 0.152. The van der Waals surface area contributed by atoms with E-state index < -0.39 is 0 Å². The molecule has 0 fully saturated rings. The lowest BCUT2D eigenvalue weighted by molar-refractivity contribution is 0.0768. The molecule has 7 nitrogen and oxygen atoms in total. The number of pyridine rings is 1. The second-order valence-electron chi connectivity index (χ2n) is 5.24. The number of nitrogens with zero attached hydrogens (tertiary/aromatic N) is 4. The highest BCUT2D eigenvalue weighted by Crippen LogP contribution is 2.18. The summed E-state index contributed by atoms with van der Waals surface area (Å²) in [4.78, 5) is 22.2. The van der Waals surface area contributed by atoms with Crippen LogP contribution in [0.1, 0.15) is 27.8 Å². The predicted molar refractivity (Wildman–Crippen MR) is 81.5 cm³/mol. The Morgan fingerprint density at radius 3 is 2.83 bits per heavy atom. The number of furan rings is 1. The maximum Gasteiger partial charge on any atom is 0.257 e. The highest BCUT2D eigenvalue weighted by atomic mass is 16.5. The van der Waals surface area contributed by atoms with Gasteiger partial charge in [0, 0.05) is 25.0 Å². The molecule has 0 saturated carbocycles. The molecule has 23 heavy (non-hydrogen) atoms. The molecule has 1 amide bonds. The van der Waals surface area contributed by atoms with Gasteiger partial charge in [-0.05, 0) is 32.0 Å². The summed E-state index contributed by atoms with van der Waals surface area (Å²) in [5.74, 6) is 1.96. The van der Waals surface area contributed by atoms with E-state index in [4.69, 9.17) is 8.94 Å². The number of aryl methyl sites for hydroxylation is 2. The van der Waals surface area contributed by atoms with E-state index in [1.54, 1.807) is 38.5 Å². The third-order valence-electron chi connectivity index (χ3n) is 3.38. The van der Waals surface area contributed by atoms with E-state index in [0.717, 1.165) is 5.56 Å². The van der Waals surface area contributed by atoms with Crippen LogP contribution in [0.5, 0.6) is 0 Å². The van der Waals surface area contributed by atoms with Gasteiger partial charge in [-0.15, -0.1) is 0 Å². The van der Waals surface area contributed by atoms with Crippen LogP contribution in [0.2, 0.25) is 0 Å². The number of carbonyl (C=O) groups is 1. The van der Waals surface area contributed by atoms with Gasteiger partial charge >= 0.3 is 0 Å². The molecule has 3 rings (SSSR count). The van der Waals surface area contributed by atoms with Gasteiger partial charge in [0.25, 0.3) is 5.91 Å². The zero-order chi connectivity index (χ0) is 16.4. The van der Waals surface area contributed by atoms with Gasteiger partial charge in [0.1, 0.15) is 18.1 Å². The second-order valence-corrected chi connectivity index (χ2v) is 5.24. The first-order valence-electron chi connectivity index (χ1n) is 7.10. The van der Waals surface area contributed by atoms with Crippen LogP contribution in [0.3, 0.4) is 0 Å². The maximum atomic E-state index is 12.4. The van der Waals surface area contributed by atoms with Crippen LogP contribution >= 0.6 is 0 Å². The highest BCUT2D eigenvalue weighted by molar-refractivity contribution is 5.95. The van der Waals surface area contributed by atoms with E-state index >= 15 is 0 Å². The van der Waals surface area contributed by atoms with Gasteiger partial charge in [0.05, 0.1) is 5.56 Å². The third-order valence-corrected chi connectivity index (χ3v) is 3.38. The van der Waals surface area contributed by atoms with Gasteiger partial charge in [0.2, 0.25) is 11.7 Å². The highest BCUT2D eigenvalue weighted by Gasteiger charge is 2.20. The SMILES string of the molecule is Cc1cc(C(=O)N(C)Cc2nc(-c3cccnc3)no2)c(C)o1. The average molecular weight is 312 g/mol. The Bertz CT molecular complexity index is 823. The number of hydrogen-bond acceptors (Lipinski definition) is 6. The van der Waals surface area contributed by atoms with Gasteiger partial charge in [-0.25, -0.2) is 0 Å². The van der Waals surface area contributed by atoms with Crippen molar-refractivity contribution < 1.29 is 13.7 Å². The molecule has 3 aromatic heterocycles. The standard InChI is InChI=1S/C16H16N4O3/c1-10-7-13(11(2)22-10)16(21)20(3)9-14-18-15(19-23-14)12-5-4-6-17-8-12/h4-8H,9H2,1-3H3. The number of carbonyl (C=O) groups excluding carboxylic acids is 1. The van der Waals surface area contributed by atoms with Gasteiger partial charge in [0.15, 0.2) is 0 Å². The van der Waals surface area contributed by atoms with Crippen LogP contribution in [0.4, 0.5) is 0 Å². The molecule has 118 valence electrons. The quantitative estimate of drug-likeness (QED) is 0.736. The molecule has 0 aliphatic carbocycles. The summed E-state index contributed by atoms with van der Waals surface area (Å²) in [6, 6.07) is 5.36. The Balaban J connectivity index is 1.73. The molecule has 0 aliphatic heterocycles. The first kappa shape index (κ1) is 15.0. The fraction of sp³-hybridized carbons (Fsp3) is 0.250. The molecule has 0 aliphatic rings. The zero-order valence-corrected chi connectivity index (χ0v) is 13.1. The fourth-order valence-corrected chi connectivity index (χ4v) is 2.25. The minimum Gasteiger partial charge on any atom is -0.466 e. The van der Waals surface area contributed by atoms with Gasteiger partial charge in [-0.3, -0.25) is 9.78 Å². The van der Waals surface area contributed by atoms with Crippen molar-refractivity contribution in [3.05, 3.63) is 53.6 Å². The molecule has 0 bridgehead atoms. The summed E-state index contributed by atoms with van der Waals surface area (Å²) in [5.41, 5.74) is 1.30. The monoisotopic (exact) mass is 312 g/mol. The van der Waals surface area contributed by atoms with E-state index in [0.29, 0.717) is 28.8 Å². The molecule has 3 aromatic rings. The minimum atomic E-state index is -0.152. The summed E-state index contributed by atoms with van der Waals surface area (Å²) in [5, 5.41) is 3.91. The number of aromatic nitrogens is 3. The van der Waals surface area contributed by atoms with Crippen molar-refractivity contribution in [2.45, 2.75) is 20.4 Å². The maximum absolute atomic E-state index is 12.4. The Labute approximate surface area is 132 Å². The van der Waals surface area contributed by atoms with Crippen molar-refractivity contribution in [2.24, 2.45) is 0 Å². The van der Waals surface area contributed by atoms with Crippen molar-refractivity contribution in [3.63, 3.8) is 0 Å². The van der Waals surface area contributed by atoms with Crippen molar-refractivity contribution in [1.29, 1.82) is 0 Å². The molecule has 0 spiro atoms. The first-order valence-corrected chi connectivity index (χ1v) is 7.10. The smallest absolute Gasteiger partial charge is 0.257 e. The molecular weight excluding hydrogens is 296 g/mol. The second kappa shape index (κ2) is 6.04. The van der Waals surface area contributed by atoms with Crippen molar-refractivity contribution >= 4 is 5.91 Å². The van der Waals surface area contributed by atoms with Gasteiger partial charge < -0.3 is 13.8 Å². The molecule has 0 unspecified atom stereocenters. The summed E-state index contributed by atoms with van der Waals surface area (Å²) in [6.45, 7) is 3.79. The van der Waals surface area contributed by atoms with Gasteiger partial charge in [-0.2, -0.15) is 4.98 Å². The van der Waals surface area contributed by atoms with Crippen LogP contribution in [0.25, 0.3) is 11.4 Å². The lowest BCUT2D eigenvalue weighted by Crippen LogP contribution is -2.26. The summed E-state index contributed by atoms with van der Waals surface area (Å²) in [6.07, 6.45) is 3.33. The van der Waals surface area contributed by atoms with E-state index in [2.05, 4.69) is 15.1 Å². The number of rotatable bonds is 4. The Morgan fingerprint density at radius 2 is 2.17 bits per heavy atom. The van der Waals surface area contributed by atoms with Crippen molar-refractivity contribution in [2.75, 3.05) is 7.05 Å². The molecule has 3 heterocycles. The molecule has 0 atom stereocenters. The van der Waals surface area contributed by atoms with Crippen LogP contribution < -0.4 is 0 Å². The lowest BCUT2D eigenvalue weighted by atomic mass is 10.2. The third kappa shape index (κ3) is 3.13. The van der Waals surface area contributed by atoms with Gasteiger partial charge in [-0.1, -0.05) is 5.16 Å². The van der Waals surface area contributed by atoms with Crippen molar-refractivity contribution in [3.8, 4) is 11.4 Å². The van der Waals surface area contributed by atoms with E-state index in [1.807, 2.05) is 13.0 Å². The van der Waals surface area contributed by atoms with Crippen LogP contribution in [-0.2, 0) is 6.54 Å². The van der Waals surface area contributed by atoms with E-state index in [-0.39, 0.29) is 12.5 Å². The lowest BCUT2D eigenvalue weighted by Gasteiger charge is -2.13. The Morgan fingerprint density at radius 1 is 1.35 bits per heavy atom. The average Bonchev–Trinajstić information content (AvgIpc) is 3.13. The molecule has 0 N–H and O–H groups in total. The van der Waals surface area contributed by atoms with E-state index in [1.165, 1.54) is 4.90 Å². The Hall–Kier alpha value is -2.96. The largest absolute Gasteiger partial charge is 0.466 e. The summed E-state index contributed by atoms with van der Waals surface area (Å²) < 4.78 is 10.6. The van der Waals surface area contributed by atoms with Crippen molar-refractivity contribution in [1.82, 2.24) is 20.0 Å². The van der Waals surface area contributed by atoms with Crippen LogP contribution in [-0.4, -0.2) is 33.0 Å². The normalized spacial score (nSPS) is 10.7. The molecule has 0 aromatic carbocycles. The molecular formula is C16H16N4O3. The fourth-order valence-electron chi connectivity index (χ4n) is 2.25. The molecule has 0 radical (unpaired) electrons. The summed E-state index contributed by atoms with van der Waals surface area (Å²) >= 11 is 0. The van der Waals surface area contributed by atoms with Crippen LogP contribution in [0.15, 0.2) is 39.5 Å². The number of hydrogen-bond donors (Lipinski definition) is 0. The Kier molecular flexibility index (Phi) is 3.92. The van der Waals surface area contributed by atoms with Crippen LogP contribution in [0, 0.1) is 13.8 Å². The van der Waals surface area contributed by atoms with E-state index in [9.17, 15) is 4.79 Å². The molecule has 7 heteroatoms. The first-order chi connectivity index (χ1) is 11.0. The molecule has 0 saturated heterocycles. The summed E-state index contributed by atoms with van der Waals surface area (Å²) in [7, 11) is 1.68. The zero-order valence-electron chi connectivity index (χ0n) is 13.1. The number of amides is 1.